The maximum absolute atomic E-state index is 10.5. The van der Waals surface area contributed by atoms with E-state index < -0.39 is 19.5 Å². The van der Waals surface area contributed by atoms with Gasteiger partial charge in [0.05, 0.1) is 7.11 Å². The molecule has 0 saturated carbocycles. The first-order chi connectivity index (χ1) is 4.88. The molecular formula is C4H8ClNO2. The van der Waals surface area contributed by atoms with Crippen LogP contribution in [0.4, 0.5) is 0 Å². The van der Waals surface area contributed by atoms with E-state index in [0.717, 1.165) is 7.11 Å². The molecule has 0 fully saturated rings. The number of carbonyl (C=O) groups excluding carboxylic acids is 1. The van der Waals surface area contributed by atoms with E-state index in [9.17, 15) is 4.79 Å². The molecule has 0 aromatic rings. The minimum Gasteiger partial charge on any atom is -0.468 e. The fourth-order valence-electron chi connectivity index (χ4n) is 0.178. The Kier molecular flexibility index (Phi) is 1.70. The summed E-state index contributed by atoms with van der Waals surface area (Å²) in [5.41, 5.74) is 0. The number of rotatable bonds is 2. The lowest BCUT2D eigenvalue weighted by Crippen LogP contribution is -2.18. The van der Waals surface area contributed by atoms with Gasteiger partial charge in [-0.25, -0.2) is 4.42 Å². The molecular weight excluding hydrogens is 130 g/mol. The van der Waals surface area contributed by atoms with Crippen LogP contribution in [0.15, 0.2) is 0 Å². The van der Waals surface area contributed by atoms with Crippen molar-refractivity contribution in [2.75, 3.05) is 20.6 Å². The fourth-order valence-corrected chi connectivity index (χ4v) is 0.275. The first kappa shape index (κ1) is 3.69. The van der Waals surface area contributed by atoms with Gasteiger partial charge in [0, 0.05) is 11.1 Å². The molecule has 0 atom stereocenters. The van der Waals surface area contributed by atoms with Crippen LogP contribution in [-0.2, 0) is 9.53 Å². The van der Waals surface area contributed by atoms with Gasteiger partial charge in [-0.15, -0.1) is 0 Å². The Morgan fingerprint density at radius 1 is 2.12 bits per heavy atom. The second kappa shape index (κ2) is 3.69. The van der Waals surface area contributed by atoms with Gasteiger partial charge in [-0.3, -0.25) is 4.79 Å². The molecule has 0 amide bonds. The molecule has 0 saturated heterocycles. The predicted molar refractivity (Wildman–Crippen MR) is 30.5 cm³/mol. The molecule has 0 heterocycles. The number of methoxy groups -OCH3 is 1. The van der Waals surface area contributed by atoms with Crippen molar-refractivity contribution in [1.29, 1.82) is 0 Å². The molecule has 8 heavy (non-hydrogen) atoms. The zero-order valence-corrected chi connectivity index (χ0v) is 5.10. The Morgan fingerprint density at radius 3 is 3.12 bits per heavy atom. The summed E-state index contributed by atoms with van der Waals surface area (Å²) in [6.45, 7) is -2.91. The first-order valence-electron chi connectivity index (χ1n) is 3.38. The average molecular weight is 141 g/mol. The number of ether oxygens (including phenoxy) is 1. The van der Waals surface area contributed by atoms with Gasteiger partial charge in [-0.05, 0) is 11.8 Å². The van der Waals surface area contributed by atoms with Crippen molar-refractivity contribution in [3.8, 4) is 0 Å². The highest BCUT2D eigenvalue weighted by atomic mass is 35.5. The minimum atomic E-state index is -2.46. The summed E-state index contributed by atoms with van der Waals surface area (Å²) in [6.07, 6.45) is 0. The number of hydrogen-bond donors (Lipinski definition) is 0. The standard InChI is InChI=1S/C4H8ClNO2/c1-6(5)3-4(7)8-2/h3H2,1-2H3/i1D3. The summed E-state index contributed by atoms with van der Waals surface area (Å²) in [4.78, 5) is 10.5. The van der Waals surface area contributed by atoms with E-state index in [2.05, 4.69) is 4.74 Å². The molecule has 0 aliphatic heterocycles. The third kappa shape index (κ3) is 3.89. The predicted octanol–water partition coefficient (Wildman–Crippen LogP) is 0.245. The van der Waals surface area contributed by atoms with Crippen LogP contribution in [0, 0.1) is 0 Å². The molecule has 0 radical (unpaired) electrons. The Hall–Kier alpha value is -0.280. The Balaban J connectivity index is 3.87. The smallest absolute Gasteiger partial charge is 0.321 e. The number of likely N-dealkylation sites (N-methyl/N-ethyl adjacent to an activating group) is 1. The van der Waals surface area contributed by atoms with E-state index in [-0.39, 0.29) is 0 Å². The fraction of sp³-hybridized carbons (Fsp3) is 0.750. The van der Waals surface area contributed by atoms with Gasteiger partial charge >= 0.3 is 5.97 Å². The molecule has 0 aliphatic rings. The van der Waals surface area contributed by atoms with E-state index >= 15 is 0 Å². The van der Waals surface area contributed by atoms with E-state index in [0.29, 0.717) is 4.42 Å². The molecule has 0 unspecified atom stereocenters. The largest absolute Gasteiger partial charge is 0.468 e. The van der Waals surface area contributed by atoms with Crippen LogP contribution in [0.2, 0.25) is 0 Å². The SMILES string of the molecule is [2H]C([2H])([2H])N(Cl)CC(=O)OC. The van der Waals surface area contributed by atoms with E-state index in [1.807, 2.05) is 0 Å². The normalized spacial score (nSPS) is 16.6. The highest BCUT2D eigenvalue weighted by Gasteiger charge is 2.00. The van der Waals surface area contributed by atoms with Crippen LogP contribution in [-0.4, -0.2) is 31.0 Å². The van der Waals surface area contributed by atoms with Crippen molar-refractivity contribution in [3.63, 3.8) is 0 Å². The van der Waals surface area contributed by atoms with Crippen molar-refractivity contribution in [2.24, 2.45) is 0 Å². The van der Waals surface area contributed by atoms with Gasteiger partial charge in [-0.1, -0.05) is 0 Å². The second-order valence-electron chi connectivity index (χ2n) is 1.10. The van der Waals surface area contributed by atoms with Crippen molar-refractivity contribution >= 4 is 17.7 Å². The molecule has 0 aliphatic carbocycles. The van der Waals surface area contributed by atoms with Crippen LogP contribution in [0.25, 0.3) is 0 Å². The second-order valence-corrected chi connectivity index (χ2v) is 1.50. The summed E-state index contributed by atoms with van der Waals surface area (Å²) < 4.78 is 24.8. The zero-order chi connectivity index (χ0) is 9.07. The molecule has 3 nitrogen and oxygen atoms in total. The highest BCUT2D eigenvalue weighted by molar-refractivity contribution is 6.14. The molecule has 0 N–H and O–H groups in total. The summed E-state index contributed by atoms with van der Waals surface area (Å²) >= 11 is 5.20. The number of esters is 1. The van der Waals surface area contributed by atoms with Gasteiger partial charge in [0.1, 0.15) is 6.54 Å². The number of nitrogens with zero attached hydrogens (tertiary/aromatic N) is 1. The molecule has 0 rings (SSSR count). The van der Waals surface area contributed by atoms with Crippen LogP contribution in [0.5, 0.6) is 0 Å². The van der Waals surface area contributed by atoms with Gasteiger partial charge in [-0.2, -0.15) is 0 Å². The van der Waals surface area contributed by atoms with E-state index in [1.54, 1.807) is 0 Å². The van der Waals surface area contributed by atoms with Gasteiger partial charge in [0.15, 0.2) is 0 Å². The maximum Gasteiger partial charge on any atom is 0.321 e. The third-order valence-electron chi connectivity index (χ3n) is 0.496. The molecule has 0 spiro atoms. The maximum atomic E-state index is 10.5. The molecule has 0 aromatic heterocycles. The van der Waals surface area contributed by atoms with Crippen LogP contribution < -0.4 is 0 Å². The topological polar surface area (TPSA) is 29.5 Å². The molecule has 0 bridgehead atoms. The lowest BCUT2D eigenvalue weighted by atomic mass is 10.7. The number of halogens is 1. The van der Waals surface area contributed by atoms with Crippen molar-refractivity contribution in [1.82, 2.24) is 4.42 Å². The summed E-state index contributed by atoms with van der Waals surface area (Å²) in [6, 6.07) is 0. The average Bonchev–Trinajstić information content (AvgIpc) is 1.85. The van der Waals surface area contributed by atoms with E-state index in [1.165, 1.54) is 0 Å². The summed E-state index contributed by atoms with van der Waals surface area (Å²) in [5, 5.41) is 0. The van der Waals surface area contributed by atoms with Crippen LogP contribution in [0.3, 0.4) is 0 Å². The minimum absolute atomic E-state index is 0.416. The molecule has 0 aromatic carbocycles. The molecule has 4 heteroatoms. The first-order valence-corrected chi connectivity index (χ1v) is 2.22. The number of hydrogen-bond acceptors (Lipinski definition) is 3. The quantitative estimate of drug-likeness (QED) is 0.407. The van der Waals surface area contributed by atoms with Gasteiger partial charge in [0.25, 0.3) is 0 Å². The number of carbonyl (C=O) groups is 1. The highest BCUT2D eigenvalue weighted by Crippen LogP contribution is 1.86. The zero-order valence-electron chi connectivity index (χ0n) is 7.35. The van der Waals surface area contributed by atoms with Crippen LogP contribution in [0.1, 0.15) is 4.11 Å². The lowest BCUT2D eigenvalue weighted by Gasteiger charge is -2.02. The van der Waals surface area contributed by atoms with Crippen molar-refractivity contribution in [3.05, 3.63) is 0 Å². The van der Waals surface area contributed by atoms with Gasteiger partial charge < -0.3 is 4.74 Å². The van der Waals surface area contributed by atoms with Crippen molar-refractivity contribution < 1.29 is 13.6 Å². The Morgan fingerprint density at radius 2 is 2.75 bits per heavy atom. The monoisotopic (exact) mass is 140 g/mol. The van der Waals surface area contributed by atoms with Crippen molar-refractivity contribution in [2.45, 2.75) is 0 Å². The summed E-state index contributed by atoms with van der Waals surface area (Å²) in [7, 11) is 1.16. The van der Waals surface area contributed by atoms with Crippen LogP contribution >= 0.6 is 11.8 Å². The Labute approximate surface area is 57.5 Å². The summed E-state index contributed by atoms with van der Waals surface area (Å²) in [5.74, 6) is -0.684. The molecule has 48 valence electrons. The lowest BCUT2D eigenvalue weighted by molar-refractivity contribution is -0.140. The van der Waals surface area contributed by atoms with E-state index in [4.69, 9.17) is 15.9 Å². The van der Waals surface area contributed by atoms with Gasteiger partial charge in [0.2, 0.25) is 0 Å². The third-order valence-corrected chi connectivity index (χ3v) is 0.615. The Bertz CT molecular complexity index is 149.